The topological polar surface area (TPSA) is 63.1 Å². The molecule has 1 aromatic heterocycles. The summed E-state index contributed by atoms with van der Waals surface area (Å²) in [6.07, 6.45) is 10.2. The summed E-state index contributed by atoms with van der Waals surface area (Å²) >= 11 is 0. The van der Waals surface area contributed by atoms with Crippen LogP contribution in [-0.4, -0.2) is 45.2 Å². The highest BCUT2D eigenvalue weighted by Gasteiger charge is 2.25. The van der Waals surface area contributed by atoms with Crippen molar-refractivity contribution in [1.29, 1.82) is 0 Å². The zero-order valence-corrected chi connectivity index (χ0v) is 14.4. The van der Waals surface area contributed by atoms with Crippen LogP contribution in [0.25, 0.3) is 5.69 Å². The van der Waals surface area contributed by atoms with Crippen LogP contribution < -0.4 is 5.32 Å². The van der Waals surface area contributed by atoms with E-state index in [0.717, 1.165) is 37.2 Å². The summed E-state index contributed by atoms with van der Waals surface area (Å²) in [5.74, 6) is 2.87. The Morgan fingerprint density at radius 1 is 1.36 bits per heavy atom. The van der Waals surface area contributed by atoms with Crippen LogP contribution in [-0.2, 0) is 4.79 Å². The van der Waals surface area contributed by atoms with Crippen molar-refractivity contribution in [2.24, 2.45) is 5.92 Å². The molecule has 1 aliphatic rings. The van der Waals surface area contributed by atoms with Crippen LogP contribution in [0.2, 0.25) is 0 Å². The quantitative estimate of drug-likeness (QED) is 0.845. The van der Waals surface area contributed by atoms with Gasteiger partial charge in [0.15, 0.2) is 0 Å². The molecule has 1 N–H and O–H groups in total. The normalized spacial score (nSPS) is 17.0. The van der Waals surface area contributed by atoms with Gasteiger partial charge < -0.3 is 5.32 Å². The van der Waals surface area contributed by atoms with E-state index in [4.69, 9.17) is 6.42 Å². The number of benzene rings is 1. The first-order valence-corrected chi connectivity index (χ1v) is 8.58. The molecule has 0 unspecified atom stereocenters. The van der Waals surface area contributed by atoms with Crippen molar-refractivity contribution in [2.45, 2.75) is 25.8 Å². The van der Waals surface area contributed by atoms with Gasteiger partial charge in [0.1, 0.15) is 12.7 Å². The average Bonchev–Trinajstić information content (AvgIpc) is 3.17. The molecule has 25 heavy (non-hydrogen) atoms. The van der Waals surface area contributed by atoms with Gasteiger partial charge in [-0.25, -0.2) is 9.67 Å². The van der Waals surface area contributed by atoms with Crippen LogP contribution in [0.4, 0.5) is 0 Å². The number of carbonyl (C=O) groups excluding carboxylic acids is 1. The van der Waals surface area contributed by atoms with Gasteiger partial charge in [-0.1, -0.05) is 18.1 Å². The van der Waals surface area contributed by atoms with Crippen LogP contribution in [0.15, 0.2) is 36.9 Å². The van der Waals surface area contributed by atoms with Crippen molar-refractivity contribution in [1.82, 2.24) is 25.0 Å². The second-order valence-electron chi connectivity index (χ2n) is 6.42. The summed E-state index contributed by atoms with van der Waals surface area (Å²) in [4.78, 5) is 18.7. The van der Waals surface area contributed by atoms with Crippen molar-refractivity contribution in [3.05, 3.63) is 42.5 Å². The zero-order valence-electron chi connectivity index (χ0n) is 14.4. The molecule has 0 spiro atoms. The third-order valence-corrected chi connectivity index (χ3v) is 4.71. The number of piperidine rings is 1. The summed E-state index contributed by atoms with van der Waals surface area (Å²) in [6, 6.07) is 7.95. The molecule has 1 atom stereocenters. The van der Waals surface area contributed by atoms with E-state index in [1.807, 2.05) is 31.2 Å². The fourth-order valence-electron chi connectivity index (χ4n) is 3.15. The Labute approximate surface area is 148 Å². The summed E-state index contributed by atoms with van der Waals surface area (Å²) in [6.45, 7) is 4.46. The maximum absolute atomic E-state index is 12.5. The highest BCUT2D eigenvalue weighted by Crippen LogP contribution is 2.20. The number of terminal acetylenes is 1. The number of likely N-dealkylation sites (tertiary alicyclic amines) is 1. The largest absolute Gasteiger partial charge is 0.349 e. The summed E-state index contributed by atoms with van der Waals surface area (Å²) in [5.41, 5.74) is 2.02. The minimum atomic E-state index is -0.0268. The molecule has 1 aromatic carbocycles. The minimum absolute atomic E-state index is 0.0268. The van der Waals surface area contributed by atoms with Crippen molar-refractivity contribution in [3.8, 4) is 18.0 Å². The monoisotopic (exact) mass is 337 g/mol. The predicted molar refractivity (Wildman–Crippen MR) is 95.9 cm³/mol. The van der Waals surface area contributed by atoms with Crippen molar-refractivity contribution in [3.63, 3.8) is 0 Å². The fraction of sp³-hybridized carbons (Fsp3) is 0.421. The molecule has 3 rings (SSSR count). The number of hydrogen-bond donors (Lipinski definition) is 1. The van der Waals surface area contributed by atoms with E-state index in [9.17, 15) is 4.79 Å². The molecule has 1 aliphatic heterocycles. The lowest BCUT2D eigenvalue weighted by atomic mass is 9.95. The molecule has 1 saturated heterocycles. The van der Waals surface area contributed by atoms with Crippen LogP contribution in [0.3, 0.4) is 0 Å². The molecular formula is C19H23N5O. The lowest BCUT2D eigenvalue weighted by Gasteiger charge is -2.30. The molecule has 1 fully saturated rings. The second kappa shape index (κ2) is 7.95. The predicted octanol–water partition coefficient (Wildman–Crippen LogP) is 1.79. The Balaban J connectivity index is 1.54. The molecule has 0 bridgehead atoms. The van der Waals surface area contributed by atoms with Crippen molar-refractivity contribution in [2.75, 3.05) is 19.6 Å². The van der Waals surface area contributed by atoms with Crippen LogP contribution >= 0.6 is 0 Å². The number of nitrogens with zero attached hydrogens (tertiary/aromatic N) is 4. The van der Waals surface area contributed by atoms with Gasteiger partial charge in [0.25, 0.3) is 0 Å². The van der Waals surface area contributed by atoms with Crippen molar-refractivity contribution >= 4 is 5.91 Å². The fourth-order valence-corrected chi connectivity index (χ4v) is 3.15. The molecule has 2 aromatic rings. The first kappa shape index (κ1) is 17.2. The Morgan fingerprint density at radius 3 is 2.68 bits per heavy atom. The average molecular weight is 337 g/mol. The van der Waals surface area contributed by atoms with Gasteiger partial charge >= 0.3 is 0 Å². The minimum Gasteiger partial charge on any atom is -0.349 e. The number of nitrogens with one attached hydrogen (secondary N) is 1. The van der Waals surface area contributed by atoms with E-state index in [2.05, 4.69) is 26.2 Å². The molecule has 1 amide bonds. The standard InChI is InChI=1S/C19H23N5O/c1-3-10-23-11-8-17(9-12-23)19(25)22-15(2)16-4-6-18(7-5-16)24-14-20-13-21-24/h1,4-7,13-15,17H,8-12H2,2H3,(H,22,25)/t15-/m1/s1. The molecular weight excluding hydrogens is 314 g/mol. The Bertz CT molecular complexity index is 724. The van der Waals surface area contributed by atoms with Crippen LogP contribution in [0.5, 0.6) is 0 Å². The Kier molecular flexibility index (Phi) is 5.46. The van der Waals surface area contributed by atoms with Gasteiger partial charge in [-0.15, -0.1) is 6.42 Å². The SMILES string of the molecule is C#CCN1CCC(C(=O)N[C@H](C)c2ccc(-n3cncn3)cc2)CC1. The third kappa shape index (κ3) is 4.25. The van der Waals surface area contributed by atoms with E-state index in [1.165, 1.54) is 6.33 Å². The molecule has 6 nitrogen and oxygen atoms in total. The van der Waals surface area contributed by atoms with Gasteiger partial charge in [0.05, 0.1) is 18.3 Å². The first-order valence-electron chi connectivity index (χ1n) is 8.58. The zero-order chi connectivity index (χ0) is 17.6. The molecule has 0 saturated carbocycles. The second-order valence-corrected chi connectivity index (χ2v) is 6.42. The van der Waals surface area contributed by atoms with Gasteiger partial charge in [-0.05, 0) is 50.6 Å². The van der Waals surface area contributed by atoms with Crippen molar-refractivity contribution < 1.29 is 4.79 Å². The van der Waals surface area contributed by atoms with E-state index >= 15 is 0 Å². The van der Waals surface area contributed by atoms with Gasteiger partial charge in [-0.3, -0.25) is 9.69 Å². The number of carbonyl (C=O) groups is 1. The van der Waals surface area contributed by atoms with E-state index < -0.39 is 0 Å². The van der Waals surface area contributed by atoms with Crippen LogP contribution in [0, 0.1) is 18.3 Å². The molecule has 0 aliphatic carbocycles. The van der Waals surface area contributed by atoms with Gasteiger partial charge in [-0.2, -0.15) is 5.10 Å². The van der Waals surface area contributed by atoms with Crippen LogP contribution in [0.1, 0.15) is 31.4 Å². The number of aromatic nitrogens is 3. The lowest BCUT2D eigenvalue weighted by molar-refractivity contribution is -0.127. The summed E-state index contributed by atoms with van der Waals surface area (Å²) in [7, 11) is 0. The molecule has 2 heterocycles. The number of hydrogen-bond acceptors (Lipinski definition) is 4. The van der Waals surface area contributed by atoms with Gasteiger partial charge in [0, 0.05) is 5.92 Å². The summed E-state index contributed by atoms with van der Waals surface area (Å²) in [5, 5.41) is 7.24. The highest BCUT2D eigenvalue weighted by molar-refractivity contribution is 5.79. The number of amides is 1. The lowest BCUT2D eigenvalue weighted by Crippen LogP contribution is -2.41. The summed E-state index contributed by atoms with van der Waals surface area (Å²) < 4.78 is 1.71. The third-order valence-electron chi connectivity index (χ3n) is 4.71. The van der Waals surface area contributed by atoms with Gasteiger partial charge in [0.2, 0.25) is 5.91 Å². The molecule has 0 radical (unpaired) electrons. The maximum atomic E-state index is 12.5. The molecule has 6 heteroatoms. The van der Waals surface area contributed by atoms with E-state index in [1.54, 1.807) is 11.0 Å². The van der Waals surface area contributed by atoms with E-state index in [-0.39, 0.29) is 17.9 Å². The first-order chi connectivity index (χ1) is 12.2. The van der Waals surface area contributed by atoms with E-state index in [0.29, 0.717) is 6.54 Å². The Hall–Kier alpha value is -2.65. The molecule has 130 valence electrons. The Morgan fingerprint density at radius 2 is 2.08 bits per heavy atom. The maximum Gasteiger partial charge on any atom is 0.223 e. The smallest absolute Gasteiger partial charge is 0.223 e. The highest BCUT2D eigenvalue weighted by atomic mass is 16.1. The number of rotatable bonds is 5.